The van der Waals surface area contributed by atoms with E-state index in [9.17, 15) is 0 Å². The van der Waals surface area contributed by atoms with Gasteiger partial charge in [-0.1, -0.05) is 0 Å². The van der Waals surface area contributed by atoms with Crippen LogP contribution in [0.5, 0.6) is 0 Å². The van der Waals surface area contributed by atoms with E-state index in [1.165, 1.54) is 28.9 Å². The summed E-state index contributed by atoms with van der Waals surface area (Å²) in [5.74, 6) is 0. The van der Waals surface area contributed by atoms with E-state index >= 15 is 0 Å². The molecular weight excluding hydrogens is 450 g/mol. The topological polar surface area (TPSA) is 28.1 Å². The molecule has 0 N–H and O–H groups in total. The van der Waals surface area contributed by atoms with Crippen LogP contribution in [0.2, 0.25) is 0 Å². The van der Waals surface area contributed by atoms with Crippen molar-refractivity contribution in [2.75, 3.05) is 0 Å². The SMILES string of the molecule is [C-]#[N+]c1ccc(-c2ccc(-c3ccc(-c4ccc(C#N)cc4)[se]3)[se]2)cc1. The second-order valence-corrected chi connectivity index (χ2v) is 10.2. The monoisotopic (exact) mass is 464 g/mol. The van der Waals surface area contributed by atoms with Crippen molar-refractivity contribution in [3.63, 3.8) is 0 Å². The Morgan fingerprint density at radius 1 is 0.654 bits per heavy atom. The second-order valence-electron chi connectivity index (χ2n) is 5.68. The molecule has 2 aromatic carbocycles. The predicted octanol–water partition coefficient (Wildman–Crippen LogP) is 5.22. The molecular formula is C22H12N2Se2. The molecule has 122 valence electrons. The molecule has 26 heavy (non-hydrogen) atoms. The van der Waals surface area contributed by atoms with Crippen molar-refractivity contribution in [3.8, 4) is 34.9 Å². The van der Waals surface area contributed by atoms with Gasteiger partial charge in [0.05, 0.1) is 0 Å². The molecule has 4 aromatic rings. The van der Waals surface area contributed by atoms with Gasteiger partial charge in [-0.3, -0.25) is 0 Å². The first-order valence-electron chi connectivity index (χ1n) is 7.95. The molecule has 4 rings (SSSR count). The normalized spacial score (nSPS) is 10.2. The molecule has 0 spiro atoms. The summed E-state index contributed by atoms with van der Waals surface area (Å²) in [4.78, 5) is 3.46. The van der Waals surface area contributed by atoms with Crippen molar-refractivity contribution in [1.82, 2.24) is 0 Å². The van der Waals surface area contributed by atoms with Crippen LogP contribution < -0.4 is 0 Å². The van der Waals surface area contributed by atoms with Crippen molar-refractivity contribution in [2.24, 2.45) is 0 Å². The third-order valence-electron chi connectivity index (χ3n) is 4.03. The van der Waals surface area contributed by atoms with Gasteiger partial charge >= 0.3 is 165 Å². The van der Waals surface area contributed by atoms with Crippen molar-refractivity contribution in [2.45, 2.75) is 0 Å². The first-order chi connectivity index (χ1) is 12.8. The Kier molecular flexibility index (Phi) is 4.76. The Labute approximate surface area is 164 Å². The molecule has 0 amide bonds. The number of hydrogen-bond donors (Lipinski definition) is 0. The molecule has 0 aliphatic rings. The fourth-order valence-electron chi connectivity index (χ4n) is 2.66. The maximum absolute atomic E-state index is 8.93. The summed E-state index contributed by atoms with van der Waals surface area (Å²) in [7, 11) is 0. The number of hydrogen-bond acceptors (Lipinski definition) is 1. The molecule has 0 bridgehead atoms. The first-order valence-corrected chi connectivity index (χ1v) is 11.4. The molecule has 2 heterocycles. The Balaban J connectivity index is 1.61. The summed E-state index contributed by atoms with van der Waals surface area (Å²) in [5.41, 5.74) is 3.82. The number of rotatable bonds is 3. The van der Waals surface area contributed by atoms with Gasteiger partial charge in [0.25, 0.3) is 0 Å². The van der Waals surface area contributed by atoms with E-state index in [0.717, 1.165) is 0 Å². The molecule has 4 heteroatoms. The average molecular weight is 462 g/mol. The summed E-state index contributed by atoms with van der Waals surface area (Å²) in [6.07, 6.45) is 0. The summed E-state index contributed by atoms with van der Waals surface area (Å²) in [5, 5.41) is 8.93. The quantitative estimate of drug-likeness (QED) is 0.303. The van der Waals surface area contributed by atoms with E-state index < -0.39 is 0 Å². The molecule has 0 saturated carbocycles. The third-order valence-corrected chi connectivity index (χ3v) is 9.59. The van der Waals surface area contributed by atoms with Gasteiger partial charge in [0, 0.05) is 0 Å². The zero-order valence-corrected chi connectivity index (χ0v) is 17.1. The third kappa shape index (κ3) is 3.38. The van der Waals surface area contributed by atoms with Crippen molar-refractivity contribution in [3.05, 3.63) is 89.8 Å². The Morgan fingerprint density at radius 3 is 1.58 bits per heavy atom. The van der Waals surface area contributed by atoms with Crippen LogP contribution in [0.1, 0.15) is 5.56 Å². The van der Waals surface area contributed by atoms with Crippen LogP contribution in [0.25, 0.3) is 33.7 Å². The average Bonchev–Trinajstić information content (AvgIpc) is 3.38. The summed E-state index contributed by atoms with van der Waals surface area (Å²) in [6, 6.07) is 26.8. The van der Waals surface area contributed by atoms with Crippen molar-refractivity contribution < 1.29 is 0 Å². The van der Waals surface area contributed by atoms with Crippen molar-refractivity contribution >= 4 is 34.7 Å². The van der Waals surface area contributed by atoms with Crippen LogP contribution in [0.15, 0.2) is 72.8 Å². The molecule has 2 aromatic heterocycles. The number of nitriles is 1. The standard InChI is InChI=1S/C22H12N2Se2/c1-24-18-8-6-17(7-9-18)20-11-13-22(26-20)21-12-10-19(25-21)16-4-2-15(14-23)3-5-16/h2-13H. The Hall–Kier alpha value is -2.58. The fraction of sp³-hybridized carbons (Fsp3) is 0. The van der Waals surface area contributed by atoms with Crippen LogP contribution in [0, 0.1) is 17.9 Å². The van der Waals surface area contributed by atoms with Crippen LogP contribution >= 0.6 is 0 Å². The molecule has 0 atom stereocenters. The van der Waals surface area contributed by atoms with E-state index in [1.807, 2.05) is 48.5 Å². The Morgan fingerprint density at radius 2 is 1.12 bits per heavy atom. The van der Waals surface area contributed by atoms with E-state index in [1.54, 1.807) is 0 Å². The summed E-state index contributed by atoms with van der Waals surface area (Å²) < 4.78 is 5.62. The molecule has 0 fully saturated rings. The fourth-order valence-corrected chi connectivity index (χ4v) is 7.48. The van der Waals surface area contributed by atoms with Crippen LogP contribution in [-0.2, 0) is 0 Å². The Bertz CT molecular complexity index is 1040. The van der Waals surface area contributed by atoms with E-state index in [0.29, 0.717) is 40.3 Å². The van der Waals surface area contributed by atoms with Crippen LogP contribution in [0.3, 0.4) is 0 Å². The van der Waals surface area contributed by atoms with Gasteiger partial charge in [0.1, 0.15) is 0 Å². The van der Waals surface area contributed by atoms with Crippen LogP contribution in [-0.4, -0.2) is 29.0 Å². The maximum atomic E-state index is 8.93. The van der Waals surface area contributed by atoms with Crippen LogP contribution in [0.4, 0.5) is 5.69 Å². The molecule has 0 aliphatic heterocycles. The first kappa shape index (κ1) is 16.9. The molecule has 0 aliphatic carbocycles. The van der Waals surface area contributed by atoms with Gasteiger partial charge < -0.3 is 0 Å². The van der Waals surface area contributed by atoms with E-state index in [2.05, 4.69) is 35.2 Å². The minimum atomic E-state index is 0.305. The predicted molar refractivity (Wildman–Crippen MR) is 108 cm³/mol. The second kappa shape index (κ2) is 7.35. The minimum absolute atomic E-state index is 0.305. The molecule has 0 saturated heterocycles. The zero-order chi connectivity index (χ0) is 17.9. The van der Waals surface area contributed by atoms with Gasteiger partial charge in [-0.2, -0.15) is 0 Å². The summed E-state index contributed by atoms with van der Waals surface area (Å²) in [6.45, 7) is 7.06. The molecule has 0 radical (unpaired) electrons. The van der Waals surface area contributed by atoms with Gasteiger partial charge in [-0.15, -0.1) is 0 Å². The van der Waals surface area contributed by atoms with Gasteiger partial charge in [-0.05, 0) is 0 Å². The number of nitrogens with zero attached hydrogens (tertiary/aromatic N) is 2. The van der Waals surface area contributed by atoms with Gasteiger partial charge in [0.2, 0.25) is 0 Å². The zero-order valence-electron chi connectivity index (χ0n) is 13.6. The van der Waals surface area contributed by atoms with E-state index in [4.69, 9.17) is 11.8 Å². The summed E-state index contributed by atoms with van der Waals surface area (Å²) >= 11 is 0.611. The van der Waals surface area contributed by atoms with E-state index in [-0.39, 0.29) is 0 Å². The van der Waals surface area contributed by atoms with Gasteiger partial charge in [-0.25, -0.2) is 0 Å². The number of benzene rings is 2. The van der Waals surface area contributed by atoms with Crippen molar-refractivity contribution in [1.29, 1.82) is 5.26 Å². The van der Waals surface area contributed by atoms with Gasteiger partial charge in [0.15, 0.2) is 0 Å². The molecule has 2 nitrogen and oxygen atoms in total. The molecule has 0 unspecified atom stereocenters.